The number of nitrogens with one attached hydrogen (secondary N) is 1. The second-order valence-electron chi connectivity index (χ2n) is 6.10. The van der Waals surface area contributed by atoms with Crippen LogP contribution in [0.15, 0.2) is 29.6 Å². The van der Waals surface area contributed by atoms with Gasteiger partial charge in [0.15, 0.2) is 0 Å². The molecule has 10 heteroatoms. The molecule has 0 saturated carbocycles. The van der Waals surface area contributed by atoms with Gasteiger partial charge in [0.1, 0.15) is 22.9 Å². The van der Waals surface area contributed by atoms with E-state index in [1.54, 1.807) is 0 Å². The van der Waals surface area contributed by atoms with Crippen molar-refractivity contribution in [1.82, 2.24) is 10.3 Å². The maximum atomic E-state index is 12.7. The number of halogens is 3. The number of aromatic nitrogens is 1. The van der Waals surface area contributed by atoms with Crippen molar-refractivity contribution < 1.29 is 32.9 Å². The monoisotopic (exact) mass is 402 g/mol. The highest BCUT2D eigenvalue weighted by atomic mass is 32.1. The molecule has 0 spiro atoms. The van der Waals surface area contributed by atoms with Crippen molar-refractivity contribution in [2.75, 3.05) is 6.61 Å². The van der Waals surface area contributed by atoms with E-state index in [-0.39, 0.29) is 25.3 Å². The fourth-order valence-electron chi connectivity index (χ4n) is 2.72. The van der Waals surface area contributed by atoms with Crippen molar-refractivity contribution in [2.45, 2.75) is 37.5 Å². The number of benzene rings is 1. The zero-order chi connectivity index (χ0) is 19.6. The first-order valence-corrected chi connectivity index (χ1v) is 9.00. The number of nitrogens with zero attached hydrogens (tertiary/aromatic N) is 1. The summed E-state index contributed by atoms with van der Waals surface area (Å²) in [6.45, 7) is -0.381. The molecule has 2 aromatic rings. The highest BCUT2D eigenvalue weighted by molar-refractivity contribution is 7.09. The molecule has 0 aliphatic carbocycles. The number of alkyl halides is 3. The van der Waals surface area contributed by atoms with Gasteiger partial charge in [0, 0.05) is 18.3 Å². The Hall–Kier alpha value is -2.01. The number of thiazole rings is 1. The van der Waals surface area contributed by atoms with E-state index in [4.69, 9.17) is 9.84 Å². The number of carbonyl (C=O) groups excluding carboxylic acids is 1. The second-order valence-corrected chi connectivity index (χ2v) is 6.99. The van der Waals surface area contributed by atoms with Gasteiger partial charge in [0.25, 0.3) is 5.91 Å². The molecular weight excluding hydrogens is 385 g/mol. The molecule has 3 rings (SSSR count). The summed E-state index contributed by atoms with van der Waals surface area (Å²) in [7, 11) is 0. The van der Waals surface area contributed by atoms with Crippen LogP contribution in [0, 0.1) is 0 Å². The Morgan fingerprint density at radius 2 is 2.19 bits per heavy atom. The molecule has 3 N–H and O–H groups in total. The number of aliphatic hydroxyl groups is 2. The van der Waals surface area contributed by atoms with E-state index in [0.717, 1.165) is 12.1 Å². The standard InChI is InChI=1S/C17H17F3N2O4S/c18-17(19,20)10-3-1-2-9(4-10)6-21-15(25)11-8-27-16(22-11)13-5-12(24)14(7-23)26-13/h1-4,8,12-14,23-24H,5-7H2,(H,21,25)/t12-,13+,14+/m0/s1. The minimum Gasteiger partial charge on any atom is -0.394 e. The van der Waals surface area contributed by atoms with Gasteiger partial charge in [-0.2, -0.15) is 13.2 Å². The van der Waals surface area contributed by atoms with Crippen LogP contribution in [0.4, 0.5) is 13.2 Å². The third-order valence-electron chi connectivity index (χ3n) is 4.14. The molecule has 3 atom stereocenters. The van der Waals surface area contributed by atoms with E-state index >= 15 is 0 Å². The molecule has 1 aromatic heterocycles. The average molecular weight is 402 g/mol. The molecule has 27 heavy (non-hydrogen) atoms. The first-order chi connectivity index (χ1) is 12.8. The predicted octanol–water partition coefficient (Wildman–Crippen LogP) is 2.28. The first-order valence-electron chi connectivity index (χ1n) is 8.12. The molecule has 146 valence electrons. The molecule has 1 amide bonds. The van der Waals surface area contributed by atoms with Crippen LogP contribution in [0.2, 0.25) is 0 Å². The smallest absolute Gasteiger partial charge is 0.394 e. The quantitative estimate of drug-likeness (QED) is 0.714. The summed E-state index contributed by atoms with van der Waals surface area (Å²) in [5.74, 6) is -0.521. The number of rotatable bonds is 5. The summed E-state index contributed by atoms with van der Waals surface area (Å²) in [6, 6.07) is 4.72. The minimum atomic E-state index is -4.44. The van der Waals surface area contributed by atoms with Gasteiger partial charge in [0.05, 0.1) is 18.3 Å². The summed E-state index contributed by atoms with van der Waals surface area (Å²) >= 11 is 1.18. The van der Waals surface area contributed by atoms with Crippen LogP contribution in [0.5, 0.6) is 0 Å². The largest absolute Gasteiger partial charge is 0.416 e. The molecule has 1 aliphatic heterocycles. The lowest BCUT2D eigenvalue weighted by Gasteiger charge is -2.10. The average Bonchev–Trinajstić information content (AvgIpc) is 3.25. The maximum Gasteiger partial charge on any atom is 0.416 e. The maximum absolute atomic E-state index is 12.7. The van der Waals surface area contributed by atoms with Crippen molar-refractivity contribution >= 4 is 17.2 Å². The van der Waals surface area contributed by atoms with E-state index in [9.17, 15) is 23.1 Å². The molecular formula is C17H17F3N2O4S. The van der Waals surface area contributed by atoms with Crippen LogP contribution in [0.25, 0.3) is 0 Å². The van der Waals surface area contributed by atoms with Crippen molar-refractivity contribution in [3.8, 4) is 0 Å². The zero-order valence-electron chi connectivity index (χ0n) is 13.9. The fraction of sp³-hybridized carbons (Fsp3) is 0.412. The van der Waals surface area contributed by atoms with Crippen LogP contribution in [0.3, 0.4) is 0 Å². The topological polar surface area (TPSA) is 91.7 Å². The van der Waals surface area contributed by atoms with Gasteiger partial charge in [0.2, 0.25) is 0 Å². The van der Waals surface area contributed by atoms with Crippen molar-refractivity contribution in [3.05, 3.63) is 51.5 Å². The van der Waals surface area contributed by atoms with Crippen molar-refractivity contribution in [2.24, 2.45) is 0 Å². The summed E-state index contributed by atoms with van der Waals surface area (Å²) in [5, 5.41) is 23.4. The summed E-state index contributed by atoms with van der Waals surface area (Å²) < 4.78 is 43.7. The molecule has 0 unspecified atom stereocenters. The molecule has 6 nitrogen and oxygen atoms in total. The van der Waals surface area contributed by atoms with Gasteiger partial charge in [-0.3, -0.25) is 4.79 Å². The number of amides is 1. The Labute approximate surface area is 156 Å². The molecule has 1 fully saturated rings. The predicted molar refractivity (Wildman–Crippen MR) is 90.1 cm³/mol. The highest BCUT2D eigenvalue weighted by Gasteiger charge is 2.36. The zero-order valence-corrected chi connectivity index (χ0v) is 14.8. The summed E-state index contributed by atoms with van der Waals surface area (Å²) in [6.07, 6.45) is -6.17. The number of hydrogen-bond acceptors (Lipinski definition) is 6. The first kappa shape index (κ1) is 19.7. The lowest BCUT2D eigenvalue weighted by Crippen LogP contribution is -2.24. The van der Waals surface area contributed by atoms with E-state index in [1.165, 1.54) is 28.8 Å². The molecule has 0 radical (unpaired) electrons. The van der Waals surface area contributed by atoms with Crippen LogP contribution in [-0.2, 0) is 17.5 Å². The molecule has 2 heterocycles. The van der Waals surface area contributed by atoms with Crippen molar-refractivity contribution in [3.63, 3.8) is 0 Å². The Morgan fingerprint density at radius 1 is 1.41 bits per heavy atom. The van der Waals surface area contributed by atoms with Crippen LogP contribution in [-0.4, -0.2) is 39.9 Å². The van der Waals surface area contributed by atoms with E-state index in [2.05, 4.69) is 10.3 Å². The van der Waals surface area contributed by atoms with E-state index in [1.807, 2.05) is 0 Å². The Kier molecular flexibility index (Phi) is 5.80. The number of carbonyl (C=O) groups is 1. The van der Waals surface area contributed by atoms with Gasteiger partial charge in [-0.1, -0.05) is 12.1 Å². The van der Waals surface area contributed by atoms with Gasteiger partial charge in [-0.15, -0.1) is 11.3 Å². The van der Waals surface area contributed by atoms with E-state index < -0.39 is 36.0 Å². The van der Waals surface area contributed by atoms with Gasteiger partial charge < -0.3 is 20.3 Å². The molecule has 1 aliphatic rings. The normalized spacial score (nSPS) is 22.8. The molecule has 1 aromatic carbocycles. The third-order valence-corrected chi connectivity index (χ3v) is 5.08. The Balaban J connectivity index is 1.61. The van der Waals surface area contributed by atoms with Crippen molar-refractivity contribution in [1.29, 1.82) is 0 Å². The summed E-state index contributed by atoms with van der Waals surface area (Å²) in [4.78, 5) is 16.4. The van der Waals surface area contributed by atoms with E-state index in [0.29, 0.717) is 10.6 Å². The fourth-order valence-corrected chi connectivity index (χ4v) is 3.57. The summed E-state index contributed by atoms with van der Waals surface area (Å²) in [5.41, 5.74) is -0.338. The minimum absolute atomic E-state index is 0.0686. The lowest BCUT2D eigenvalue weighted by atomic mass is 10.1. The molecule has 0 bridgehead atoms. The number of aliphatic hydroxyl groups excluding tert-OH is 2. The SMILES string of the molecule is O=C(NCc1cccc(C(F)(F)F)c1)c1csc([C@H]2C[C@H](O)[C@@H](CO)O2)n1. The van der Waals surface area contributed by atoms with Crippen LogP contribution >= 0.6 is 11.3 Å². The van der Waals surface area contributed by atoms with Gasteiger partial charge in [-0.25, -0.2) is 4.98 Å². The Bertz CT molecular complexity index is 811. The second kappa shape index (κ2) is 7.93. The number of hydrogen-bond donors (Lipinski definition) is 3. The number of ether oxygens (including phenoxy) is 1. The van der Waals surface area contributed by atoms with Crippen LogP contribution in [0.1, 0.15) is 39.1 Å². The lowest BCUT2D eigenvalue weighted by molar-refractivity contribution is -0.137. The highest BCUT2D eigenvalue weighted by Crippen LogP contribution is 2.34. The van der Waals surface area contributed by atoms with Gasteiger partial charge in [-0.05, 0) is 17.7 Å². The molecule has 1 saturated heterocycles. The van der Waals surface area contributed by atoms with Crippen LogP contribution < -0.4 is 5.32 Å². The Morgan fingerprint density at radius 3 is 2.85 bits per heavy atom. The third kappa shape index (κ3) is 4.64. The van der Waals surface area contributed by atoms with Gasteiger partial charge >= 0.3 is 6.18 Å².